The monoisotopic (exact) mass is 167 g/mol. The lowest BCUT2D eigenvalue weighted by Gasteiger charge is -2.23. The first-order valence-electron chi connectivity index (χ1n) is 3.79. The van der Waals surface area contributed by atoms with Gasteiger partial charge in [-0.05, 0) is 25.5 Å². The second kappa shape index (κ2) is 3.23. The van der Waals surface area contributed by atoms with Crippen molar-refractivity contribution in [2.75, 3.05) is 7.11 Å². The molecule has 0 fully saturated rings. The molecule has 12 heavy (non-hydrogen) atoms. The van der Waals surface area contributed by atoms with Crippen LogP contribution in [0, 0.1) is 11.9 Å². The van der Waals surface area contributed by atoms with E-state index in [0.717, 1.165) is 5.56 Å². The molecule has 0 bridgehead atoms. The van der Waals surface area contributed by atoms with Crippen molar-refractivity contribution in [3.05, 3.63) is 35.6 Å². The first-order valence-corrected chi connectivity index (χ1v) is 3.79. The van der Waals surface area contributed by atoms with Crippen molar-refractivity contribution in [1.29, 1.82) is 0 Å². The van der Waals surface area contributed by atoms with Gasteiger partial charge in [0.15, 0.2) is 0 Å². The normalized spacial score (nSPS) is 11.7. The SMILES string of the molecule is COC(C)(C)c1cc[c]c(F)c1. The van der Waals surface area contributed by atoms with Crippen LogP contribution in [0.25, 0.3) is 0 Å². The summed E-state index contributed by atoms with van der Waals surface area (Å²) in [5.74, 6) is -0.349. The Morgan fingerprint density at radius 3 is 2.67 bits per heavy atom. The molecule has 0 aliphatic carbocycles. The molecule has 0 heterocycles. The van der Waals surface area contributed by atoms with Crippen LogP contribution in [0.3, 0.4) is 0 Å². The zero-order valence-electron chi connectivity index (χ0n) is 7.52. The van der Waals surface area contributed by atoms with Crippen molar-refractivity contribution < 1.29 is 9.13 Å². The maximum atomic E-state index is 12.7. The summed E-state index contributed by atoms with van der Waals surface area (Å²) >= 11 is 0. The zero-order chi connectivity index (χ0) is 9.19. The van der Waals surface area contributed by atoms with Gasteiger partial charge in [0, 0.05) is 13.2 Å². The summed E-state index contributed by atoms with van der Waals surface area (Å²) in [7, 11) is 1.61. The highest BCUT2D eigenvalue weighted by molar-refractivity contribution is 5.21. The van der Waals surface area contributed by atoms with Gasteiger partial charge in [-0.3, -0.25) is 0 Å². The molecule has 0 saturated heterocycles. The third-order valence-corrected chi connectivity index (χ3v) is 1.97. The number of rotatable bonds is 2. The molecule has 1 rings (SSSR count). The Morgan fingerprint density at radius 1 is 1.50 bits per heavy atom. The Balaban J connectivity index is 3.03. The van der Waals surface area contributed by atoms with Crippen molar-refractivity contribution in [2.24, 2.45) is 0 Å². The molecule has 0 amide bonds. The lowest BCUT2D eigenvalue weighted by molar-refractivity contribution is 0.0190. The predicted molar refractivity (Wildman–Crippen MR) is 45.3 cm³/mol. The van der Waals surface area contributed by atoms with Gasteiger partial charge in [-0.1, -0.05) is 12.1 Å². The molecule has 1 aromatic carbocycles. The summed E-state index contributed by atoms with van der Waals surface area (Å²) in [6.07, 6.45) is 0. The second-order valence-corrected chi connectivity index (χ2v) is 3.14. The van der Waals surface area contributed by atoms with E-state index < -0.39 is 5.60 Å². The molecule has 1 aromatic rings. The summed E-state index contributed by atoms with van der Waals surface area (Å²) in [6, 6.07) is 7.24. The minimum Gasteiger partial charge on any atom is -0.374 e. The van der Waals surface area contributed by atoms with Crippen LogP contribution in [0.4, 0.5) is 4.39 Å². The van der Waals surface area contributed by atoms with Crippen LogP contribution < -0.4 is 0 Å². The Hall–Kier alpha value is -0.890. The van der Waals surface area contributed by atoms with Gasteiger partial charge in [0.05, 0.1) is 5.60 Å². The molecule has 1 radical (unpaired) electrons. The molecule has 65 valence electrons. The Kier molecular flexibility index (Phi) is 2.48. The third kappa shape index (κ3) is 1.83. The summed E-state index contributed by atoms with van der Waals surface area (Å²) in [4.78, 5) is 0. The van der Waals surface area contributed by atoms with Crippen LogP contribution in [0.15, 0.2) is 18.2 Å². The van der Waals surface area contributed by atoms with E-state index in [9.17, 15) is 4.39 Å². The summed E-state index contributed by atoms with van der Waals surface area (Å²) in [6.45, 7) is 3.78. The highest BCUT2D eigenvalue weighted by Crippen LogP contribution is 2.23. The molecule has 0 aliphatic rings. The standard InChI is InChI=1S/C10H12FO/c1-10(2,12-3)8-5-4-6-9(11)7-8/h4-5,7H,1-3H3. The van der Waals surface area contributed by atoms with E-state index in [2.05, 4.69) is 6.07 Å². The second-order valence-electron chi connectivity index (χ2n) is 3.14. The van der Waals surface area contributed by atoms with Gasteiger partial charge in [0.2, 0.25) is 0 Å². The van der Waals surface area contributed by atoms with Crippen LogP contribution in [0.5, 0.6) is 0 Å². The number of hydrogen-bond donors (Lipinski definition) is 0. The number of halogens is 1. The van der Waals surface area contributed by atoms with Crippen molar-refractivity contribution >= 4 is 0 Å². The molecule has 0 aromatic heterocycles. The van der Waals surface area contributed by atoms with Gasteiger partial charge in [-0.2, -0.15) is 0 Å². The topological polar surface area (TPSA) is 9.23 Å². The Morgan fingerprint density at radius 2 is 2.17 bits per heavy atom. The fraction of sp³-hybridized carbons (Fsp3) is 0.400. The number of methoxy groups -OCH3 is 1. The van der Waals surface area contributed by atoms with Gasteiger partial charge in [-0.15, -0.1) is 0 Å². The first kappa shape index (κ1) is 9.20. The first-order chi connectivity index (χ1) is 5.56. The van der Waals surface area contributed by atoms with E-state index in [4.69, 9.17) is 4.74 Å². The number of benzene rings is 1. The summed E-state index contributed by atoms with van der Waals surface area (Å²) in [5.41, 5.74) is 0.386. The van der Waals surface area contributed by atoms with Crippen LogP contribution in [-0.2, 0) is 10.3 Å². The molecule has 0 atom stereocenters. The maximum Gasteiger partial charge on any atom is 0.131 e. The summed E-state index contributed by atoms with van der Waals surface area (Å²) in [5, 5.41) is 0. The highest BCUT2D eigenvalue weighted by Gasteiger charge is 2.19. The van der Waals surface area contributed by atoms with Crippen molar-refractivity contribution in [1.82, 2.24) is 0 Å². The van der Waals surface area contributed by atoms with Crippen LogP contribution >= 0.6 is 0 Å². The number of ether oxygens (including phenoxy) is 1. The van der Waals surface area contributed by atoms with E-state index in [1.807, 2.05) is 13.8 Å². The largest absolute Gasteiger partial charge is 0.374 e. The van der Waals surface area contributed by atoms with E-state index in [-0.39, 0.29) is 5.82 Å². The molecule has 0 unspecified atom stereocenters. The lowest BCUT2D eigenvalue weighted by atomic mass is 9.98. The van der Waals surface area contributed by atoms with Gasteiger partial charge in [0.25, 0.3) is 0 Å². The molecular weight excluding hydrogens is 155 g/mol. The molecule has 0 spiro atoms. The molecule has 2 heteroatoms. The van der Waals surface area contributed by atoms with Gasteiger partial charge in [0.1, 0.15) is 5.82 Å². The highest BCUT2D eigenvalue weighted by atomic mass is 19.1. The smallest absolute Gasteiger partial charge is 0.131 e. The number of hydrogen-bond acceptors (Lipinski definition) is 1. The molecule has 0 N–H and O–H groups in total. The van der Waals surface area contributed by atoms with E-state index in [1.54, 1.807) is 19.2 Å². The molecule has 0 saturated carbocycles. The van der Waals surface area contributed by atoms with E-state index in [1.165, 1.54) is 6.07 Å². The van der Waals surface area contributed by atoms with E-state index >= 15 is 0 Å². The van der Waals surface area contributed by atoms with Crippen LogP contribution in [0.2, 0.25) is 0 Å². The third-order valence-electron chi connectivity index (χ3n) is 1.97. The minimum absolute atomic E-state index is 0.349. The van der Waals surface area contributed by atoms with E-state index in [0.29, 0.717) is 0 Å². The van der Waals surface area contributed by atoms with Crippen molar-refractivity contribution in [3.8, 4) is 0 Å². The van der Waals surface area contributed by atoms with Crippen molar-refractivity contribution in [3.63, 3.8) is 0 Å². The fourth-order valence-electron chi connectivity index (χ4n) is 0.930. The molecular formula is C10H12FO. The predicted octanol–water partition coefficient (Wildman–Crippen LogP) is 2.51. The van der Waals surface area contributed by atoms with Crippen LogP contribution in [-0.4, -0.2) is 7.11 Å². The quantitative estimate of drug-likeness (QED) is 0.657. The Bertz CT molecular complexity index is 268. The van der Waals surface area contributed by atoms with Gasteiger partial charge < -0.3 is 4.74 Å². The summed E-state index contributed by atoms with van der Waals surface area (Å²) < 4.78 is 17.9. The van der Waals surface area contributed by atoms with Gasteiger partial charge in [-0.25, -0.2) is 4.39 Å². The maximum absolute atomic E-state index is 12.7. The lowest BCUT2D eigenvalue weighted by Crippen LogP contribution is -2.19. The average Bonchev–Trinajstić information content (AvgIpc) is 2.05. The fourth-order valence-corrected chi connectivity index (χ4v) is 0.930. The Labute approximate surface area is 72.2 Å². The van der Waals surface area contributed by atoms with Crippen molar-refractivity contribution in [2.45, 2.75) is 19.4 Å². The zero-order valence-corrected chi connectivity index (χ0v) is 7.52. The average molecular weight is 167 g/mol. The minimum atomic E-state index is -0.435. The van der Waals surface area contributed by atoms with Crippen LogP contribution in [0.1, 0.15) is 19.4 Å². The molecule has 0 aliphatic heterocycles. The molecule has 1 nitrogen and oxygen atoms in total. The van der Waals surface area contributed by atoms with Gasteiger partial charge >= 0.3 is 0 Å².